The summed E-state index contributed by atoms with van der Waals surface area (Å²) in [6.07, 6.45) is 0. The second-order valence-electron chi connectivity index (χ2n) is 4.11. The first-order chi connectivity index (χ1) is 8.58. The van der Waals surface area contributed by atoms with Crippen LogP contribution in [0.4, 0.5) is 11.5 Å². The van der Waals surface area contributed by atoms with E-state index < -0.39 is 0 Å². The van der Waals surface area contributed by atoms with Crippen molar-refractivity contribution in [2.75, 3.05) is 11.9 Å². The van der Waals surface area contributed by atoms with Crippen molar-refractivity contribution in [3.8, 4) is 0 Å². The summed E-state index contributed by atoms with van der Waals surface area (Å²) in [5.74, 6) is 0.915. The first-order valence-corrected chi connectivity index (χ1v) is 6.06. The normalized spacial score (nSPS) is 10.1. The molecule has 0 aliphatic heterocycles. The van der Waals surface area contributed by atoms with E-state index in [9.17, 15) is 0 Å². The summed E-state index contributed by atoms with van der Waals surface area (Å²) in [7, 11) is 1.98. The molecule has 2 rings (SSSR count). The van der Waals surface area contributed by atoms with Crippen molar-refractivity contribution in [1.29, 1.82) is 0 Å². The Hall–Kier alpha value is -1.94. The zero-order chi connectivity index (χ0) is 13.1. The molecule has 92 valence electrons. The van der Waals surface area contributed by atoms with Crippen molar-refractivity contribution in [2.45, 2.75) is 6.92 Å². The van der Waals surface area contributed by atoms with Crippen molar-refractivity contribution in [3.05, 3.63) is 53.7 Å². The Morgan fingerprint density at radius 2 is 1.83 bits per heavy atom. The van der Waals surface area contributed by atoms with Crippen molar-refractivity contribution < 1.29 is 0 Å². The predicted molar refractivity (Wildman–Crippen MR) is 79.4 cm³/mol. The Balaban J connectivity index is 2.28. The summed E-state index contributed by atoms with van der Waals surface area (Å²) in [6.45, 7) is 1.98. The number of aryl methyl sites for hydroxylation is 1. The van der Waals surface area contributed by atoms with E-state index in [1.165, 1.54) is 0 Å². The minimum Gasteiger partial charge on any atom is -0.389 e. The number of nitrogens with zero attached hydrogens (tertiary/aromatic N) is 2. The number of nitrogens with two attached hydrogens (primary N) is 1. The maximum absolute atomic E-state index is 5.58. The standard InChI is InChI=1S/C14H15N3S/c1-10-4-3-5-13(16-10)17(2)12-8-6-11(7-9-12)14(15)18/h3-9H,1-2H3,(H2,15,18). The molecule has 2 aromatic rings. The molecular weight excluding hydrogens is 242 g/mol. The molecule has 2 N–H and O–H groups in total. The molecule has 0 atom stereocenters. The third kappa shape index (κ3) is 2.65. The fourth-order valence-corrected chi connectivity index (χ4v) is 1.83. The number of hydrogen-bond acceptors (Lipinski definition) is 3. The Kier molecular flexibility index (Phi) is 3.58. The van der Waals surface area contributed by atoms with Crippen LogP contribution in [-0.4, -0.2) is 17.0 Å². The Morgan fingerprint density at radius 1 is 1.17 bits per heavy atom. The summed E-state index contributed by atoms with van der Waals surface area (Å²) in [4.78, 5) is 6.92. The molecule has 0 bridgehead atoms. The first kappa shape index (κ1) is 12.5. The molecular formula is C14H15N3S. The lowest BCUT2D eigenvalue weighted by Gasteiger charge is -2.18. The first-order valence-electron chi connectivity index (χ1n) is 5.65. The molecule has 1 aromatic heterocycles. The number of benzene rings is 1. The average Bonchev–Trinajstić information content (AvgIpc) is 2.38. The molecule has 0 saturated heterocycles. The van der Waals surface area contributed by atoms with E-state index in [1.54, 1.807) is 0 Å². The monoisotopic (exact) mass is 257 g/mol. The number of thiocarbonyl (C=S) groups is 1. The molecule has 0 amide bonds. The smallest absolute Gasteiger partial charge is 0.132 e. The van der Waals surface area contributed by atoms with Crippen LogP contribution in [0.3, 0.4) is 0 Å². The van der Waals surface area contributed by atoms with Gasteiger partial charge in [-0.25, -0.2) is 4.98 Å². The minimum absolute atomic E-state index is 0.415. The van der Waals surface area contributed by atoms with E-state index in [0.29, 0.717) is 4.99 Å². The van der Waals surface area contributed by atoms with Gasteiger partial charge in [-0.2, -0.15) is 0 Å². The number of anilines is 2. The van der Waals surface area contributed by atoms with Gasteiger partial charge < -0.3 is 10.6 Å². The Morgan fingerprint density at radius 3 is 2.39 bits per heavy atom. The molecule has 3 nitrogen and oxygen atoms in total. The highest BCUT2D eigenvalue weighted by Gasteiger charge is 2.05. The van der Waals surface area contributed by atoms with Crippen LogP contribution >= 0.6 is 12.2 Å². The van der Waals surface area contributed by atoms with Gasteiger partial charge in [-0.3, -0.25) is 0 Å². The highest BCUT2D eigenvalue weighted by molar-refractivity contribution is 7.80. The summed E-state index contributed by atoms with van der Waals surface area (Å²) in [5, 5.41) is 0. The highest BCUT2D eigenvalue weighted by Crippen LogP contribution is 2.22. The lowest BCUT2D eigenvalue weighted by molar-refractivity contribution is 1.09. The molecule has 0 unspecified atom stereocenters. The third-order valence-corrected chi connectivity index (χ3v) is 2.99. The summed E-state index contributed by atoms with van der Waals surface area (Å²) in [6, 6.07) is 13.8. The zero-order valence-corrected chi connectivity index (χ0v) is 11.2. The topological polar surface area (TPSA) is 42.1 Å². The van der Waals surface area contributed by atoms with Gasteiger partial charge >= 0.3 is 0 Å². The molecule has 1 heterocycles. The minimum atomic E-state index is 0.415. The van der Waals surface area contributed by atoms with Crippen LogP contribution in [0.15, 0.2) is 42.5 Å². The zero-order valence-electron chi connectivity index (χ0n) is 10.4. The van der Waals surface area contributed by atoms with Crippen molar-refractivity contribution in [1.82, 2.24) is 4.98 Å². The number of hydrogen-bond donors (Lipinski definition) is 1. The number of rotatable bonds is 3. The Labute approximate surface area is 112 Å². The van der Waals surface area contributed by atoms with E-state index in [0.717, 1.165) is 22.8 Å². The van der Waals surface area contributed by atoms with Gasteiger partial charge in [-0.05, 0) is 43.3 Å². The van der Waals surface area contributed by atoms with E-state index in [4.69, 9.17) is 18.0 Å². The summed E-state index contributed by atoms with van der Waals surface area (Å²) < 4.78 is 0. The maximum atomic E-state index is 5.58. The quantitative estimate of drug-likeness (QED) is 0.859. The molecule has 4 heteroatoms. The van der Waals surface area contributed by atoms with Gasteiger partial charge in [0.15, 0.2) is 0 Å². The SMILES string of the molecule is Cc1cccc(N(C)c2ccc(C(N)=S)cc2)n1. The third-order valence-electron chi connectivity index (χ3n) is 2.76. The van der Waals surface area contributed by atoms with Crippen LogP contribution < -0.4 is 10.6 Å². The van der Waals surface area contributed by atoms with E-state index in [1.807, 2.05) is 61.3 Å². The van der Waals surface area contributed by atoms with Crippen LogP contribution in [0.25, 0.3) is 0 Å². The van der Waals surface area contributed by atoms with Gasteiger partial charge in [0.05, 0.1) is 0 Å². The van der Waals surface area contributed by atoms with E-state index in [-0.39, 0.29) is 0 Å². The Bertz CT molecular complexity index is 564. The molecule has 0 aliphatic carbocycles. The fraction of sp³-hybridized carbons (Fsp3) is 0.143. The predicted octanol–water partition coefficient (Wildman–Crippen LogP) is 2.79. The molecule has 0 radical (unpaired) electrons. The van der Waals surface area contributed by atoms with Crippen molar-refractivity contribution >= 4 is 28.7 Å². The lowest BCUT2D eigenvalue weighted by atomic mass is 10.2. The van der Waals surface area contributed by atoms with Gasteiger partial charge in [0, 0.05) is 24.0 Å². The summed E-state index contributed by atoms with van der Waals surface area (Å²) in [5.41, 5.74) is 8.50. The van der Waals surface area contributed by atoms with Crippen molar-refractivity contribution in [2.24, 2.45) is 5.73 Å². The highest BCUT2D eigenvalue weighted by atomic mass is 32.1. The summed E-state index contributed by atoms with van der Waals surface area (Å²) >= 11 is 4.93. The van der Waals surface area contributed by atoms with Crippen LogP contribution in [-0.2, 0) is 0 Å². The average molecular weight is 257 g/mol. The molecule has 0 aliphatic rings. The number of aromatic nitrogens is 1. The lowest BCUT2D eigenvalue weighted by Crippen LogP contribution is -2.13. The van der Waals surface area contributed by atoms with E-state index in [2.05, 4.69) is 4.98 Å². The molecule has 0 saturated carbocycles. The largest absolute Gasteiger partial charge is 0.389 e. The van der Waals surface area contributed by atoms with Crippen LogP contribution in [0.2, 0.25) is 0 Å². The fourth-order valence-electron chi connectivity index (χ4n) is 1.70. The van der Waals surface area contributed by atoms with Crippen LogP contribution in [0.1, 0.15) is 11.3 Å². The van der Waals surface area contributed by atoms with Crippen molar-refractivity contribution in [3.63, 3.8) is 0 Å². The maximum Gasteiger partial charge on any atom is 0.132 e. The van der Waals surface area contributed by atoms with Gasteiger partial charge in [0.25, 0.3) is 0 Å². The second-order valence-corrected chi connectivity index (χ2v) is 4.55. The molecule has 1 aromatic carbocycles. The van der Waals surface area contributed by atoms with E-state index >= 15 is 0 Å². The molecule has 0 fully saturated rings. The number of pyridine rings is 1. The molecule has 0 spiro atoms. The van der Waals surface area contributed by atoms with Gasteiger partial charge in [0.2, 0.25) is 0 Å². The second kappa shape index (κ2) is 5.14. The van der Waals surface area contributed by atoms with Gasteiger partial charge in [0.1, 0.15) is 10.8 Å². The van der Waals surface area contributed by atoms with Crippen LogP contribution in [0.5, 0.6) is 0 Å². The molecule has 18 heavy (non-hydrogen) atoms. The van der Waals surface area contributed by atoms with Gasteiger partial charge in [-0.15, -0.1) is 0 Å². The van der Waals surface area contributed by atoms with Crippen LogP contribution in [0, 0.1) is 6.92 Å². The van der Waals surface area contributed by atoms with Gasteiger partial charge in [-0.1, -0.05) is 18.3 Å².